The van der Waals surface area contributed by atoms with Crippen LogP contribution in [0.25, 0.3) is 11.2 Å². The first-order valence-corrected chi connectivity index (χ1v) is 15.2. The van der Waals surface area contributed by atoms with Gasteiger partial charge in [0.2, 0.25) is 0 Å². The van der Waals surface area contributed by atoms with Gasteiger partial charge < -0.3 is 25.4 Å². The topological polar surface area (TPSA) is 138 Å². The molecule has 2 aliphatic rings. The maximum atomic E-state index is 11.9. The molecular formula is C28H44F2N6O4S. The predicted molar refractivity (Wildman–Crippen MR) is 157 cm³/mol. The van der Waals surface area contributed by atoms with Gasteiger partial charge in [-0.3, -0.25) is 0 Å². The van der Waals surface area contributed by atoms with Gasteiger partial charge in [0.25, 0.3) is 0 Å². The molecule has 1 aromatic carbocycles. The van der Waals surface area contributed by atoms with Crippen LogP contribution < -0.4 is 5.32 Å². The second-order valence-electron chi connectivity index (χ2n) is 9.92. The molecule has 2 fully saturated rings. The van der Waals surface area contributed by atoms with Crippen LogP contribution in [0.2, 0.25) is 0 Å². The molecule has 0 radical (unpaired) electrons. The Labute approximate surface area is 244 Å². The Kier molecular flexibility index (Phi) is 14.8. The normalized spacial score (nSPS) is 18.0. The maximum absolute atomic E-state index is 11.9. The molecule has 0 bridgehead atoms. The van der Waals surface area contributed by atoms with E-state index in [1.165, 1.54) is 38.8 Å². The van der Waals surface area contributed by atoms with Crippen molar-refractivity contribution in [2.24, 2.45) is 0 Å². The summed E-state index contributed by atoms with van der Waals surface area (Å²) < 4.78 is 31.5. The van der Waals surface area contributed by atoms with E-state index in [9.17, 15) is 8.78 Å². The highest BCUT2D eigenvalue weighted by Crippen LogP contribution is 2.35. The third kappa shape index (κ3) is 12.5. The number of fused-ring (bicyclic) bond motifs is 1. The van der Waals surface area contributed by atoms with Gasteiger partial charge in [0, 0.05) is 11.8 Å². The predicted octanol–water partition coefficient (Wildman–Crippen LogP) is 5.10. The molecule has 2 heterocycles. The first kappa shape index (κ1) is 34.7. The summed E-state index contributed by atoms with van der Waals surface area (Å²) in [5.41, 5.74) is 1.58. The lowest BCUT2D eigenvalue weighted by Crippen LogP contribution is -2.15. The van der Waals surface area contributed by atoms with Crippen molar-refractivity contribution in [2.75, 3.05) is 24.3 Å². The highest BCUT2D eigenvalue weighted by Gasteiger charge is 2.30. The van der Waals surface area contributed by atoms with Crippen LogP contribution in [-0.4, -0.2) is 77.2 Å². The fraction of sp³-hybridized carbons (Fsp3) is 0.643. The molecule has 13 heteroatoms. The maximum Gasteiger partial charge on any atom is 0.191 e. The minimum Gasteiger partial charge on any atom is -0.394 e. The van der Waals surface area contributed by atoms with Gasteiger partial charge >= 0.3 is 0 Å². The van der Waals surface area contributed by atoms with Crippen molar-refractivity contribution in [1.82, 2.24) is 25.0 Å². The molecule has 41 heavy (non-hydrogen) atoms. The Hall–Kier alpha value is -2.45. The van der Waals surface area contributed by atoms with E-state index in [0.717, 1.165) is 65.7 Å². The van der Waals surface area contributed by atoms with Crippen molar-refractivity contribution in [3.05, 3.63) is 35.9 Å². The second kappa shape index (κ2) is 17.5. The number of benzene rings is 1. The zero-order chi connectivity index (χ0) is 30.4. The highest BCUT2D eigenvalue weighted by atomic mass is 32.2. The molecule has 0 amide bonds. The molecule has 230 valence electrons. The summed E-state index contributed by atoms with van der Waals surface area (Å²) in [6.45, 7) is 9.21. The van der Waals surface area contributed by atoms with Crippen molar-refractivity contribution < 1.29 is 28.8 Å². The van der Waals surface area contributed by atoms with E-state index in [1.54, 1.807) is 11.8 Å². The fourth-order valence-electron chi connectivity index (χ4n) is 3.79. The summed E-state index contributed by atoms with van der Waals surface area (Å²) >= 11 is 1.68. The number of nitrogens with zero attached hydrogens (tertiary/aromatic N) is 5. The Balaban J connectivity index is 0.000000324. The van der Waals surface area contributed by atoms with Crippen molar-refractivity contribution >= 4 is 28.7 Å². The van der Waals surface area contributed by atoms with Gasteiger partial charge in [0.1, 0.15) is 0 Å². The molecule has 0 spiro atoms. The Morgan fingerprint density at radius 2 is 1.71 bits per heavy atom. The van der Waals surface area contributed by atoms with Gasteiger partial charge in [-0.2, -0.15) is 0 Å². The Morgan fingerprint density at radius 1 is 1.07 bits per heavy atom. The van der Waals surface area contributed by atoms with E-state index in [1.807, 2.05) is 18.5 Å². The molecule has 3 aromatic rings. The van der Waals surface area contributed by atoms with Crippen LogP contribution in [0, 0.1) is 11.6 Å². The fourth-order valence-corrected chi connectivity index (χ4v) is 4.48. The van der Waals surface area contributed by atoms with Crippen molar-refractivity contribution in [3.8, 4) is 0 Å². The number of aliphatic hydroxyl groups excluding tert-OH is 1. The lowest BCUT2D eigenvalue weighted by atomic mass is 10.2. The van der Waals surface area contributed by atoms with Gasteiger partial charge in [-0.15, -0.1) is 5.10 Å². The molecule has 2 atom stereocenters. The van der Waals surface area contributed by atoms with E-state index in [2.05, 4.69) is 27.5 Å². The number of nitrogens with one attached hydrogen (secondary N) is 1. The first-order chi connectivity index (χ1) is 19.6. The summed E-state index contributed by atoms with van der Waals surface area (Å²) in [7, 11) is 0. The van der Waals surface area contributed by atoms with E-state index >= 15 is 0 Å². The molecule has 0 saturated heterocycles. The molecule has 5 rings (SSSR count). The Morgan fingerprint density at radius 3 is 2.24 bits per heavy atom. The summed E-state index contributed by atoms with van der Waals surface area (Å²) in [6.07, 6.45) is 6.47. The van der Waals surface area contributed by atoms with E-state index in [0.29, 0.717) is 12.6 Å². The van der Waals surface area contributed by atoms with Crippen LogP contribution in [0.15, 0.2) is 29.4 Å². The zero-order valence-electron chi connectivity index (χ0n) is 24.6. The number of hydrogen-bond acceptors (Lipinski definition) is 10. The summed E-state index contributed by atoms with van der Waals surface area (Å²) in [5, 5.41) is 38.2. The molecule has 0 aliphatic heterocycles. The molecular weight excluding hydrogens is 554 g/mol. The summed E-state index contributed by atoms with van der Waals surface area (Å²) in [4.78, 5) is 9.45. The van der Waals surface area contributed by atoms with Crippen molar-refractivity contribution in [3.63, 3.8) is 0 Å². The van der Waals surface area contributed by atoms with Crippen LogP contribution >= 0.6 is 11.8 Å². The third-order valence-corrected chi connectivity index (χ3v) is 6.68. The third-order valence-electron chi connectivity index (χ3n) is 5.63. The van der Waals surface area contributed by atoms with Crippen molar-refractivity contribution in [2.45, 2.75) is 102 Å². The van der Waals surface area contributed by atoms with Crippen LogP contribution in [0.5, 0.6) is 0 Å². The largest absolute Gasteiger partial charge is 0.394 e. The van der Waals surface area contributed by atoms with Gasteiger partial charge in [0.15, 0.2) is 39.6 Å². The minimum absolute atomic E-state index is 0.0643. The number of thioether (sulfide) groups is 1. The van der Waals surface area contributed by atoms with Crippen molar-refractivity contribution in [1.29, 1.82) is 0 Å². The van der Waals surface area contributed by atoms with Crippen LogP contribution in [-0.2, 0) is 4.74 Å². The summed E-state index contributed by atoms with van der Waals surface area (Å²) in [5.74, 6) is -1.29. The van der Waals surface area contributed by atoms with Gasteiger partial charge in [-0.25, -0.2) is 23.4 Å². The zero-order valence-corrected chi connectivity index (χ0v) is 25.4. The van der Waals surface area contributed by atoms with Crippen LogP contribution in [0.3, 0.4) is 0 Å². The van der Waals surface area contributed by atoms with Crippen LogP contribution in [0.1, 0.15) is 79.2 Å². The molecule has 2 unspecified atom stereocenters. The van der Waals surface area contributed by atoms with E-state index < -0.39 is 17.4 Å². The first-order valence-electron chi connectivity index (χ1n) is 14.2. The average Bonchev–Trinajstić information content (AvgIpc) is 3.45. The highest BCUT2D eigenvalue weighted by molar-refractivity contribution is 7.99. The lowest BCUT2D eigenvalue weighted by molar-refractivity contribution is -0.127. The SMILES string of the molecule is CC.CC(C)(O)O.CCCSc1nc(NC2CC2)c2nnn(C3CCC(OCCO)C3)c2n1.Fc1ccccc1F. The number of halogens is 2. The van der Waals surface area contributed by atoms with Gasteiger partial charge in [-0.1, -0.05) is 49.9 Å². The molecule has 2 aromatic heterocycles. The van der Waals surface area contributed by atoms with Crippen LogP contribution in [0.4, 0.5) is 14.6 Å². The number of ether oxygens (including phenoxy) is 1. The average molecular weight is 599 g/mol. The molecule has 10 nitrogen and oxygen atoms in total. The summed E-state index contributed by atoms with van der Waals surface area (Å²) in [6, 6.07) is 5.78. The van der Waals surface area contributed by atoms with Gasteiger partial charge in [-0.05, 0) is 64.5 Å². The second-order valence-corrected chi connectivity index (χ2v) is 11.0. The standard InChI is InChI=1S/C17H26N6O2S.C6H4F2.C3H8O2.C2H6/c1-2-9-26-17-19-15(18-11-3-4-11)14-16(20-17)23(22-21-14)12-5-6-13(10-12)25-8-7-24;7-5-3-1-2-4-6(5)8;1-3(2,4)5;1-2/h11-13,24H,2-10H2,1H3,(H,18,19,20);1-4H;4-5H,1-2H3;1-2H3. The number of aromatic nitrogens is 5. The molecule has 2 saturated carbocycles. The smallest absolute Gasteiger partial charge is 0.191 e. The number of anilines is 1. The lowest BCUT2D eigenvalue weighted by Gasteiger charge is -2.13. The monoisotopic (exact) mass is 598 g/mol. The number of hydrogen-bond donors (Lipinski definition) is 4. The van der Waals surface area contributed by atoms with Gasteiger partial charge in [0.05, 0.1) is 25.4 Å². The minimum atomic E-state index is -1.50. The van der Waals surface area contributed by atoms with E-state index in [4.69, 9.17) is 25.0 Å². The molecule has 2 aliphatic carbocycles. The van der Waals surface area contributed by atoms with E-state index in [-0.39, 0.29) is 18.8 Å². The Bertz CT molecular complexity index is 1150. The molecule has 4 N–H and O–H groups in total. The quantitative estimate of drug-likeness (QED) is 0.150. The number of rotatable bonds is 9. The number of aliphatic hydroxyl groups is 3.